The highest BCUT2D eigenvalue weighted by Gasteiger charge is 2.16. The second-order valence-electron chi connectivity index (χ2n) is 5.52. The molecular weight excluding hydrogens is 335 g/mol. The van der Waals surface area contributed by atoms with E-state index in [2.05, 4.69) is 53.1 Å². The van der Waals surface area contributed by atoms with Gasteiger partial charge in [-0.1, -0.05) is 20.3 Å². The van der Waals surface area contributed by atoms with Gasteiger partial charge in [-0.25, -0.2) is 4.98 Å². The van der Waals surface area contributed by atoms with Gasteiger partial charge in [0.2, 0.25) is 0 Å². The number of fused-ring (bicyclic) bond motifs is 3. The summed E-state index contributed by atoms with van der Waals surface area (Å²) in [5, 5.41) is 0. The molecule has 1 aliphatic rings. The Labute approximate surface area is 122 Å². The zero-order valence-electron chi connectivity index (χ0n) is 11.0. The third kappa shape index (κ3) is 2.06. The van der Waals surface area contributed by atoms with Crippen LogP contribution in [0, 0.1) is 3.57 Å². The van der Waals surface area contributed by atoms with E-state index in [1.165, 1.54) is 45.3 Å². The Kier molecular flexibility index (Phi) is 3.34. The summed E-state index contributed by atoms with van der Waals surface area (Å²) in [4.78, 5) is 4.88. The van der Waals surface area contributed by atoms with E-state index >= 15 is 0 Å². The second-order valence-corrected chi connectivity index (χ2v) is 6.68. The molecule has 18 heavy (non-hydrogen) atoms. The molecule has 0 spiro atoms. The summed E-state index contributed by atoms with van der Waals surface area (Å²) >= 11 is 2.47. The zero-order valence-corrected chi connectivity index (χ0v) is 13.2. The van der Waals surface area contributed by atoms with Crippen LogP contribution < -0.4 is 0 Å². The van der Waals surface area contributed by atoms with E-state index in [1.54, 1.807) is 0 Å². The second kappa shape index (κ2) is 4.83. The number of rotatable bonds is 1. The minimum atomic E-state index is 0.574. The number of imidazole rings is 1. The molecular formula is C15H19IN2. The van der Waals surface area contributed by atoms with Crippen molar-refractivity contribution in [3.05, 3.63) is 27.1 Å². The van der Waals surface area contributed by atoms with Crippen molar-refractivity contribution in [1.82, 2.24) is 9.55 Å². The molecule has 96 valence electrons. The molecule has 0 saturated carbocycles. The highest BCUT2D eigenvalue weighted by atomic mass is 127. The highest BCUT2D eigenvalue weighted by molar-refractivity contribution is 14.1. The number of nitrogens with zero attached hydrogens (tertiary/aromatic N) is 2. The Bertz CT molecular complexity index is 584. The van der Waals surface area contributed by atoms with Gasteiger partial charge >= 0.3 is 0 Å². The smallest absolute Gasteiger partial charge is 0.109 e. The molecule has 2 aromatic rings. The third-order valence-electron chi connectivity index (χ3n) is 3.85. The van der Waals surface area contributed by atoms with E-state index in [1.807, 2.05) is 0 Å². The Morgan fingerprint density at radius 2 is 2.06 bits per heavy atom. The standard InChI is InChI=1S/C15H19IN2/c1-10(2)11-8-12(16)15-13(9-11)17-14-6-4-3-5-7-18(14)15/h8-10H,3-7H2,1-2H3. The average Bonchev–Trinajstić information content (AvgIpc) is 2.52. The topological polar surface area (TPSA) is 17.8 Å². The van der Waals surface area contributed by atoms with Crippen LogP contribution in [0.3, 0.4) is 0 Å². The molecule has 0 atom stereocenters. The van der Waals surface area contributed by atoms with Gasteiger partial charge in [0.05, 0.1) is 11.0 Å². The van der Waals surface area contributed by atoms with Gasteiger partial charge in [-0.3, -0.25) is 0 Å². The Balaban J connectivity index is 2.22. The summed E-state index contributed by atoms with van der Waals surface area (Å²) in [5.41, 5.74) is 3.96. The lowest BCUT2D eigenvalue weighted by atomic mass is 10.0. The van der Waals surface area contributed by atoms with Crippen molar-refractivity contribution >= 4 is 33.6 Å². The van der Waals surface area contributed by atoms with Gasteiger partial charge in [0.1, 0.15) is 5.82 Å². The molecule has 0 bridgehead atoms. The van der Waals surface area contributed by atoms with Crippen molar-refractivity contribution in [2.75, 3.05) is 0 Å². The average molecular weight is 354 g/mol. The van der Waals surface area contributed by atoms with Crippen molar-refractivity contribution in [1.29, 1.82) is 0 Å². The van der Waals surface area contributed by atoms with Gasteiger partial charge < -0.3 is 4.57 Å². The van der Waals surface area contributed by atoms with E-state index in [0.717, 1.165) is 13.0 Å². The molecule has 0 aliphatic carbocycles. The van der Waals surface area contributed by atoms with Crippen LogP contribution in [0.2, 0.25) is 0 Å². The van der Waals surface area contributed by atoms with Crippen LogP contribution in [0.1, 0.15) is 50.4 Å². The summed E-state index contributed by atoms with van der Waals surface area (Å²) in [6.07, 6.45) is 5.06. The zero-order chi connectivity index (χ0) is 12.7. The molecule has 1 aliphatic heterocycles. The molecule has 3 heteroatoms. The van der Waals surface area contributed by atoms with E-state index in [-0.39, 0.29) is 0 Å². The summed E-state index contributed by atoms with van der Waals surface area (Å²) in [6.45, 7) is 5.64. The number of benzene rings is 1. The number of hydrogen-bond donors (Lipinski definition) is 0. The van der Waals surface area contributed by atoms with Crippen LogP contribution in [0.25, 0.3) is 11.0 Å². The molecule has 1 aromatic carbocycles. The number of halogens is 1. The van der Waals surface area contributed by atoms with Crippen molar-refractivity contribution in [2.45, 2.75) is 52.0 Å². The first-order chi connectivity index (χ1) is 8.66. The quantitative estimate of drug-likeness (QED) is 0.690. The van der Waals surface area contributed by atoms with Crippen molar-refractivity contribution in [2.24, 2.45) is 0 Å². The predicted molar refractivity (Wildman–Crippen MR) is 84.1 cm³/mol. The van der Waals surface area contributed by atoms with E-state index in [0.29, 0.717) is 5.92 Å². The molecule has 0 amide bonds. The van der Waals surface area contributed by atoms with Crippen molar-refractivity contribution < 1.29 is 0 Å². The molecule has 0 fully saturated rings. The molecule has 2 heterocycles. The largest absolute Gasteiger partial charge is 0.327 e. The van der Waals surface area contributed by atoms with Gasteiger partial charge in [0.15, 0.2) is 0 Å². The predicted octanol–water partition coefficient (Wildman–Crippen LogP) is 4.49. The first-order valence-corrected chi connectivity index (χ1v) is 7.93. The molecule has 0 unspecified atom stereocenters. The minimum Gasteiger partial charge on any atom is -0.327 e. The first kappa shape index (κ1) is 12.5. The maximum absolute atomic E-state index is 4.88. The van der Waals surface area contributed by atoms with E-state index in [9.17, 15) is 0 Å². The fourth-order valence-electron chi connectivity index (χ4n) is 2.78. The van der Waals surface area contributed by atoms with Gasteiger partial charge in [0.25, 0.3) is 0 Å². The fourth-order valence-corrected chi connectivity index (χ4v) is 3.71. The Morgan fingerprint density at radius 1 is 1.22 bits per heavy atom. The van der Waals surface area contributed by atoms with E-state index < -0.39 is 0 Å². The Hall–Kier alpha value is -0.580. The monoisotopic (exact) mass is 354 g/mol. The number of aromatic nitrogens is 2. The maximum Gasteiger partial charge on any atom is 0.109 e. The number of aryl methyl sites for hydroxylation is 2. The minimum absolute atomic E-state index is 0.574. The molecule has 1 aromatic heterocycles. The molecule has 0 radical (unpaired) electrons. The van der Waals surface area contributed by atoms with Gasteiger partial charge in [-0.15, -0.1) is 0 Å². The Morgan fingerprint density at radius 3 is 2.83 bits per heavy atom. The van der Waals surface area contributed by atoms with Crippen LogP contribution in [0.15, 0.2) is 12.1 Å². The molecule has 3 rings (SSSR count). The third-order valence-corrected chi connectivity index (χ3v) is 4.67. The molecule has 0 saturated heterocycles. The van der Waals surface area contributed by atoms with Crippen LogP contribution in [-0.2, 0) is 13.0 Å². The molecule has 2 nitrogen and oxygen atoms in total. The van der Waals surface area contributed by atoms with E-state index in [4.69, 9.17) is 4.98 Å². The highest BCUT2D eigenvalue weighted by Crippen LogP contribution is 2.29. The van der Waals surface area contributed by atoms with Crippen molar-refractivity contribution in [3.8, 4) is 0 Å². The lowest BCUT2D eigenvalue weighted by molar-refractivity contribution is 0.646. The van der Waals surface area contributed by atoms with Gasteiger partial charge in [-0.2, -0.15) is 0 Å². The lowest BCUT2D eigenvalue weighted by Crippen LogP contribution is -2.01. The summed E-state index contributed by atoms with van der Waals surface area (Å²) in [5.74, 6) is 1.87. The SMILES string of the molecule is CC(C)c1cc(I)c2c(c1)nc1n2CCCCC1. The first-order valence-electron chi connectivity index (χ1n) is 6.85. The number of hydrogen-bond acceptors (Lipinski definition) is 1. The summed E-state index contributed by atoms with van der Waals surface area (Å²) in [7, 11) is 0. The van der Waals surface area contributed by atoms with Crippen LogP contribution in [-0.4, -0.2) is 9.55 Å². The maximum atomic E-state index is 4.88. The van der Waals surface area contributed by atoms with Gasteiger partial charge in [-0.05, 0) is 59.0 Å². The fraction of sp³-hybridized carbons (Fsp3) is 0.533. The summed E-state index contributed by atoms with van der Waals surface area (Å²) < 4.78 is 3.81. The van der Waals surface area contributed by atoms with Crippen LogP contribution in [0.5, 0.6) is 0 Å². The van der Waals surface area contributed by atoms with Crippen LogP contribution >= 0.6 is 22.6 Å². The van der Waals surface area contributed by atoms with Crippen LogP contribution in [0.4, 0.5) is 0 Å². The van der Waals surface area contributed by atoms with Gasteiger partial charge in [0, 0.05) is 16.5 Å². The normalized spacial score (nSPS) is 16.0. The summed E-state index contributed by atoms with van der Waals surface area (Å²) in [6, 6.07) is 4.61. The lowest BCUT2D eigenvalue weighted by Gasteiger charge is -2.09. The van der Waals surface area contributed by atoms with Crippen molar-refractivity contribution in [3.63, 3.8) is 0 Å². The molecule has 0 N–H and O–H groups in total.